The third kappa shape index (κ3) is 5.49. The number of carbonyl (C=O) groups excluding carboxylic acids is 2. The van der Waals surface area contributed by atoms with Gasteiger partial charge in [-0.25, -0.2) is 4.79 Å². The first kappa shape index (κ1) is 18.8. The van der Waals surface area contributed by atoms with Gasteiger partial charge in [0.25, 0.3) is 0 Å². The molecule has 0 aliphatic carbocycles. The average molecular weight is 347 g/mol. The van der Waals surface area contributed by atoms with Crippen molar-refractivity contribution in [3.8, 4) is 0 Å². The summed E-state index contributed by atoms with van der Waals surface area (Å²) in [4.78, 5) is 27.4. The molecule has 0 saturated heterocycles. The van der Waals surface area contributed by atoms with E-state index in [1.807, 2.05) is 30.5 Å². The molecule has 136 valence electrons. The molecule has 1 aromatic heterocycles. The summed E-state index contributed by atoms with van der Waals surface area (Å²) in [5, 5.41) is 6.50. The zero-order valence-electron chi connectivity index (χ0n) is 14.6. The van der Waals surface area contributed by atoms with E-state index in [0.29, 0.717) is 26.0 Å². The van der Waals surface area contributed by atoms with Crippen molar-refractivity contribution in [2.75, 3.05) is 26.9 Å². The molecule has 1 unspecified atom stereocenters. The lowest BCUT2D eigenvalue weighted by molar-refractivity contribution is -0.123. The third-order valence-corrected chi connectivity index (χ3v) is 3.81. The Kier molecular flexibility index (Phi) is 7.28. The van der Waals surface area contributed by atoms with Gasteiger partial charge in [-0.2, -0.15) is 0 Å². The highest BCUT2D eigenvalue weighted by molar-refractivity contribution is 5.88. The van der Waals surface area contributed by atoms with Gasteiger partial charge in [0.05, 0.1) is 6.61 Å². The molecule has 0 bridgehead atoms. The Morgan fingerprint density at radius 1 is 1.28 bits per heavy atom. The maximum Gasteiger partial charge on any atom is 0.407 e. The zero-order chi connectivity index (χ0) is 18.1. The number of hydrogen-bond acceptors (Lipinski definition) is 4. The second-order valence-corrected chi connectivity index (χ2v) is 5.62. The molecule has 1 heterocycles. The van der Waals surface area contributed by atoms with Gasteiger partial charge in [-0.05, 0) is 25.0 Å². The summed E-state index contributed by atoms with van der Waals surface area (Å²) in [6.45, 7) is 3.03. The molecular weight excluding hydrogens is 322 g/mol. The SMILES string of the molecule is CCOC(=O)NC(Cc1c[nH]c2ccccc12)C(=O)NCCCOC. The lowest BCUT2D eigenvalue weighted by Gasteiger charge is -2.18. The van der Waals surface area contributed by atoms with Crippen LogP contribution in [-0.4, -0.2) is 49.9 Å². The molecule has 25 heavy (non-hydrogen) atoms. The number of nitrogens with one attached hydrogen (secondary N) is 3. The summed E-state index contributed by atoms with van der Waals surface area (Å²) >= 11 is 0. The van der Waals surface area contributed by atoms with Crippen LogP contribution in [0.3, 0.4) is 0 Å². The van der Waals surface area contributed by atoms with Gasteiger partial charge in [-0.1, -0.05) is 18.2 Å². The fraction of sp³-hybridized carbons (Fsp3) is 0.444. The molecule has 2 amide bonds. The number of methoxy groups -OCH3 is 1. The second kappa shape index (κ2) is 9.68. The summed E-state index contributed by atoms with van der Waals surface area (Å²) in [6.07, 6.45) is 2.35. The van der Waals surface area contributed by atoms with Gasteiger partial charge in [0, 0.05) is 43.8 Å². The van der Waals surface area contributed by atoms with Crippen LogP contribution < -0.4 is 10.6 Å². The number of rotatable bonds is 9. The number of amides is 2. The molecule has 7 nitrogen and oxygen atoms in total. The van der Waals surface area contributed by atoms with E-state index in [9.17, 15) is 9.59 Å². The van der Waals surface area contributed by atoms with Gasteiger partial charge in [0.15, 0.2) is 0 Å². The summed E-state index contributed by atoms with van der Waals surface area (Å²) in [5.41, 5.74) is 1.96. The Balaban J connectivity index is 2.07. The van der Waals surface area contributed by atoms with E-state index in [1.54, 1.807) is 14.0 Å². The second-order valence-electron chi connectivity index (χ2n) is 5.62. The molecule has 0 fully saturated rings. The molecule has 0 aliphatic heterocycles. The van der Waals surface area contributed by atoms with Gasteiger partial charge in [-0.15, -0.1) is 0 Å². The Hall–Kier alpha value is -2.54. The number of carbonyl (C=O) groups is 2. The fourth-order valence-electron chi connectivity index (χ4n) is 2.60. The number of ether oxygens (including phenoxy) is 2. The molecule has 3 N–H and O–H groups in total. The number of fused-ring (bicyclic) bond motifs is 1. The lowest BCUT2D eigenvalue weighted by atomic mass is 10.0. The van der Waals surface area contributed by atoms with E-state index >= 15 is 0 Å². The third-order valence-electron chi connectivity index (χ3n) is 3.81. The monoisotopic (exact) mass is 347 g/mol. The number of alkyl carbamates (subject to hydrolysis) is 1. The van der Waals surface area contributed by atoms with Crippen molar-refractivity contribution in [2.45, 2.75) is 25.8 Å². The Morgan fingerprint density at radius 3 is 2.84 bits per heavy atom. The van der Waals surface area contributed by atoms with Crippen LogP contribution in [0.15, 0.2) is 30.5 Å². The average Bonchev–Trinajstić information content (AvgIpc) is 3.01. The van der Waals surface area contributed by atoms with Crippen molar-refractivity contribution in [3.63, 3.8) is 0 Å². The molecular formula is C18H25N3O4. The first-order chi connectivity index (χ1) is 12.2. The molecule has 0 spiro atoms. The maximum atomic E-state index is 12.5. The van der Waals surface area contributed by atoms with E-state index in [2.05, 4.69) is 15.6 Å². The summed E-state index contributed by atoms with van der Waals surface area (Å²) in [5.74, 6) is -0.241. The minimum absolute atomic E-state index is 0.241. The summed E-state index contributed by atoms with van der Waals surface area (Å²) in [6, 6.07) is 7.13. The van der Waals surface area contributed by atoms with E-state index in [1.165, 1.54) is 0 Å². The zero-order valence-corrected chi connectivity index (χ0v) is 14.6. The molecule has 7 heteroatoms. The van der Waals surface area contributed by atoms with E-state index in [0.717, 1.165) is 16.5 Å². The highest BCUT2D eigenvalue weighted by Crippen LogP contribution is 2.19. The van der Waals surface area contributed by atoms with Crippen LogP contribution in [0, 0.1) is 0 Å². The van der Waals surface area contributed by atoms with Crippen LogP contribution in [0.5, 0.6) is 0 Å². The van der Waals surface area contributed by atoms with Crippen molar-refractivity contribution in [1.29, 1.82) is 0 Å². The van der Waals surface area contributed by atoms with E-state index in [-0.39, 0.29) is 12.5 Å². The molecule has 1 atom stereocenters. The van der Waals surface area contributed by atoms with Crippen molar-refractivity contribution in [3.05, 3.63) is 36.0 Å². The number of H-pyrrole nitrogens is 1. The van der Waals surface area contributed by atoms with Crippen molar-refractivity contribution in [2.24, 2.45) is 0 Å². The minimum Gasteiger partial charge on any atom is -0.450 e. The van der Waals surface area contributed by atoms with Gasteiger partial charge in [-0.3, -0.25) is 4.79 Å². The van der Waals surface area contributed by atoms with Crippen LogP contribution in [0.2, 0.25) is 0 Å². The number of hydrogen-bond donors (Lipinski definition) is 3. The predicted octanol–water partition coefficient (Wildman–Crippen LogP) is 1.98. The van der Waals surface area contributed by atoms with E-state index in [4.69, 9.17) is 9.47 Å². The van der Waals surface area contributed by atoms with Crippen LogP contribution in [0.4, 0.5) is 4.79 Å². The summed E-state index contributed by atoms with van der Waals surface area (Å²) in [7, 11) is 1.62. The van der Waals surface area contributed by atoms with Crippen LogP contribution in [0.25, 0.3) is 10.9 Å². The smallest absolute Gasteiger partial charge is 0.407 e. The first-order valence-electron chi connectivity index (χ1n) is 8.40. The van der Waals surface area contributed by atoms with Gasteiger partial charge >= 0.3 is 6.09 Å². The Bertz CT molecular complexity index is 698. The van der Waals surface area contributed by atoms with Crippen molar-refractivity contribution in [1.82, 2.24) is 15.6 Å². The lowest BCUT2D eigenvalue weighted by Crippen LogP contribution is -2.48. The number of aromatic nitrogens is 1. The molecule has 0 aliphatic rings. The van der Waals surface area contributed by atoms with Crippen LogP contribution in [0.1, 0.15) is 18.9 Å². The van der Waals surface area contributed by atoms with Crippen LogP contribution >= 0.6 is 0 Å². The predicted molar refractivity (Wildman–Crippen MR) is 95.5 cm³/mol. The molecule has 2 aromatic rings. The Labute approximate surface area is 147 Å². The fourth-order valence-corrected chi connectivity index (χ4v) is 2.60. The van der Waals surface area contributed by atoms with Crippen molar-refractivity contribution < 1.29 is 19.1 Å². The Morgan fingerprint density at radius 2 is 2.08 bits per heavy atom. The molecule has 1 aromatic carbocycles. The van der Waals surface area contributed by atoms with Crippen LogP contribution in [-0.2, 0) is 20.7 Å². The molecule has 0 saturated carbocycles. The van der Waals surface area contributed by atoms with Crippen molar-refractivity contribution >= 4 is 22.9 Å². The standard InChI is InChI=1S/C18H25N3O4/c1-3-25-18(23)21-16(17(22)19-9-6-10-24-2)11-13-12-20-15-8-5-4-7-14(13)15/h4-5,7-8,12,16,20H,3,6,9-11H2,1-2H3,(H,19,22)(H,21,23). The molecule has 0 radical (unpaired) electrons. The topological polar surface area (TPSA) is 92.5 Å². The largest absolute Gasteiger partial charge is 0.450 e. The molecule has 2 rings (SSSR count). The number of para-hydroxylation sites is 1. The highest BCUT2D eigenvalue weighted by atomic mass is 16.5. The quantitative estimate of drug-likeness (QED) is 0.605. The van der Waals surface area contributed by atoms with E-state index < -0.39 is 12.1 Å². The normalized spacial score (nSPS) is 11.9. The number of aromatic amines is 1. The first-order valence-corrected chi connectivity index (χ1v) is 8.40. The number of benzene rings is 1. The summed E-state index contributed by atoms with van der Waals surface area (Å²) < 4.78 is 9.88. The minimum atomic E-state index is -0.708. The van der Waals surface area contributed by atoms with Gasteiger partial charge in [0.1, 0.15) is 6.04 Å². The van der Waals surface area contributed by atoms with Gasteiger partial charge in [0.2, 0.25) is 5.91 Å². The highest BCUT2D eigenvalue weighted by Gasteiger charge is 2.22. The van der Waals surface area contributed by atoms with Gasteiger partial charge < -0.3 is 25.1 Å². The maximum absolute atomic E-state index is 12.5.